The van der Waals surface area contributed by atoms with Crippen molar-refractivity contribution in [3.8, 4) is 0 Å². The van der Waals surface area contributed by atoms with Crippen LogP contribution < -0.4 is 11.3 Å². The highest BCUT2D eigenvalue weighted by Gasteiger charge is 2.21. The standard InChI is InChI=1S/C14H22N4O2/c1-10-7-12(8-13(16-10)17-15)14(19)18(2)5-6-20-9-11-3-4-11/h7-8,11H,3-6,9,15H2,1-2H3,(H,16,17). The van der Waals surface area contributed by atoms with Crippen molar-refractivity contribution < 1.29 is 9.53 Å². The maximum atomic E-state index is 12.3. The Morgan fingerprint density at radius 1 is 1.55 bits per heavy atom. The Labute approximate surface area is 119 Å². The molecule has 2 rings (SSSR count). The molecule has 1 aromatic rings. The molecule has 6 nitrogen and oxygen atoms in total. The zero-order valence-corrected chi connectivity index (χ0v) is 12.1. The first-order chi connectivity index (χ1) is 9.60. The van der Waals surface area contributed by atoms with Crippen LogP contribution >= 0.6 is 0 Å². The zero-order valence-electron chi connectivity index (χ0n) is 12.1. The van der Waals surface area contributed by atoms with E-state index in [-0.39, 0.29) is 5.91 Å². The van der Waals surface area contributed by atoms with Gasteiger partial charge in [0.2, 0.25) is 0 Å². The van der Waals surface area contributed by atoms with Crippen molar-refractivity contribution in [3.05, 3.63) is 23.4 Å². The third-order valence-corrected chi connectivity index (χ3v) is 3.32. The van der Waals surface area contributed by atoms with E-state index in [1.165, 1.54) is 12.8 Å². The van der Waals surface area contributed by atoms with Crippen LogP contribution in [0.3, 0.4) is 0 Å². The number of carbonyl (C=O) groups excluding carboxylic acids is 1. The predicted molar refractivity (Wildman–Crippen MR) is 77.3 cm³/mol. The largest absolute Gasteiger partial charge is 0.379 e. The van der Waals surface area contributed by atoms with Crippen LogP contribution in [0.5, 0.6) is 0 Å². The summed E-state index contributed by atoms with van der Waals surface area (Å²) in [5.41, 5.74) is 3.80. The van der Waals surface area contributed by atoms with Gasteiger partial charge in [-0.05, 0) is 37.8 Å². The summed E-state index contributed by atoms with van der Waals surface area (Å²) in [5.74, 6) is 6.52. The molecule has 0 aliphatic heterocycles. The lowest BCUT2D eigenvalue weighted by Crippen LogP contribution is -2.30. The van der Waals surface area contributed by atoms with Crippen LogP contribution in [0.4, 0.5) is 5.82 Å². The zero-order chi connectivity index (χ0) is 14.5. The van der Waals surface area contributed by atoms with E-state index in [0.29, 0.717) is 24.5 Å². The highest BCUT2D eigenvalue weighted by Crippen LogP contribution is 2.28. The fourth-order valence-electron chi connectivity index (χ4n) is 1.92. The predicted octanol–water partition coefficient (Wildman–Crippen LogP) is 1.17. The van der Waals surface area contributed by atoms with Crippen LogP contribution in [0.15, 0.2) is 12.1 Å². The maximum absolute atomic E-state index is 12.3. The summed E-state index contributed by atoms with van der Waals surface area (Å²) in [6.45, 7) is 3.80. The third-order valence-electron chi connectivity index (χ3n) is 3.32. The number of nitrogens with zero attached hydrogens (tertiary/aromatic N) is 2. The molecule has 1 aliphatic rings. The number of amides is 1. The van der Waals surface area contributed by atoms with Gasteiger partial charge in [0.25, 0.3) is 5.91 Å². The minimum Gasteiger partial charge on any atom is -0.379 e. The molecule has 1 aromatic heterocycles. The molecule has 0 bridgehead atoms. The Morgan fingerprint density at radius 3 is 2.95 bits per heavy atom. The van der Waals surface area contributed by atoms with Gasteiger partial charge < -0.3 is 15.1 Å². The molecular formula is C14H22N4O2. The molecule has 1 heterocycles. The van der Waals surface area contributed by atoms with Gasteiger partial charge in [-0.1, -0.05) is 0 Å². The van der Waals surface area contributed by atoms with Gasteiger partial charge in [-0.15, -0.1) is 0 Å². The summed E-state index contributed by atoms with van der Waals surface area (Å²) in [4.78, 5) is 18.1. The van der Waals surface area contributed by atoms with E-state index in [1.807, 2.05) is 6.92 Å². The summed E-state index contributed by atoms with van der Waals surface area (Å²) in [7, 11) is 1.77. The minimum absolute atomic E-state index is 0.0537. The van der Waals surface area contributed by atoms with E-state index >= 15 is 0 Å². The Morgan fingerprint density at radius 2 is 2.30 bits per heavy atom. The molecule has 1 aliphatic carbocycles. The second kappa shape index (κ2) is 6.67. The Kier molecular flexibility index (Phi) is 4.92. The van der Waals surface area contributed by atoms with E-state index in [4.69, 9.17) is 10.6 Å². The molecule has 6 heteroatoms. The fourth-order valence-corrected chi connectivity index (χ4v) is 1.92. The minimum atomic E-state index is -0.0537. The summed E-state index contributed by atoms with van der Waals surface area (Å²) < 4.78 is 5.54. The average Bonchev–Trinajstić information content (AvgIpc) is 3.25. The maximum Gasteiger partial charge on any atom is 0.253 e. The lowest BCUT2D eigenvalue weighted by Gasteiger charge is -2.18. The number of hydrogen-bond acceptors (Lipinski definition) is 5. The number of likely N-dealkylation sites (N-methyl/N-ethyl adjacent to an activating group) is 1. The van der Waals surface area contributed by atoms with Gasteiger partial charge in [0.15, 0.2) is 0 Å². The lowest BCUT2D eigenvalue weighted by molar-refractivity contribution is 0.0681. The number of anilines is 1. The van der Waals surface area contributed by atoms with Crippen LogP contribution in [-0.2, 0) is 4.74 Å². The van der Waals surface area contributed by atoms with E-state index in [0.717, 1.165) is 18.2 Å². The van der Waals surface area contributed by atoms with Crippen LogP contribution in [0, 0.1) is 12.8 Å². The van der Waals surface area contributed by atoms with Gasteiger partial charge in [-0.3, -0.25) is 4.79 Å². The second-order valence-corrected chi connectivity index (χ2v) is 5.27. The smallest absolute Gasteiger partial charge is 0.253 e. The molecule has 0 atom stereocenters. The number of hydrogen-bond donors (Lipinski definition) is 2. The molecule has 0 unspecified atom stereocenters. The normalized spacial score (nSPS) is 14.2. The molecule has 1 fully saturated rings. The molecular weight excluding hydrogens is 256 g/mol. The fraction of sp³-hybridized carbons (Fsp3) is 0.571. The quantitative estimate of drug-likeness (QED) is 0.444. The van der Waals surface area contributed by atoms with E-state index in [9.17, 15) is 4.79 Å². The van der Waals surface area contributed by atoms with Crippen molar-refractivity contribution in [1.29, 1.82) is 0 Å². The highest BCUT2D eigenvalue weighted by atomic mass is 16.5. The molecule has 0 saturated heterocycles. The van der Waals surface area contributed by atoms with Crippen molar-refractivity contribution in [3.63, 3.8) is 0 Å². The topological polar surface area (TPSA) is 80.5 Å². The van der Waals surface area contributed by atoms with Crippen LogP contribution in [0.2, 0.25) is 0 Å². The average molecular weight is 278 g/mol. The van der Waals surface area contributed by atoms with Crippen molar-refractivity contribution in [2.45, 2.75) is 19.8 Å². The van der Waals surface area contributed by atoms with Crippen molar-refractivity contribution in [2.75, 3.05) is 32.2 Å². The summed E-state index contributed by atoms with van der Waals surface area (Å²) in [5, 5.41) is 0. The molecule has 1 saturated carbocycles. The number of carbonyl (C=O) groups is 1. The van der Waals surface area contributed by atoms with Crippen LogP contribution in [0.1, 0.15) is 28.9 Å². The van der Waals surface area contributed by atoms with Gasteiger partial charge in [0.1, 0.15) is 5.82 Å². The second-order valence-electron chi connectivity index (χ2n) is 5.27. The number of nitrogens with one attached hydrogen (secondary N) is 1. The summed E-state index contributed by atoms with van der Waals surface area (Å²) in [6.07, 6.45) is 2.56. The van der Waals surface area contributed by atoms with Crippen molar-refractivity contribution >= 4 is 11.7 Å². The molecule has 3 N–H and O–H groups in total. The molecule has 110 valence electrons. The Bertz CT molecular complexity index is 474. The number of pyridine rings is 1. The highest BCUT2D eigenvalue weighted by molar-refractivity contribution is 5.94. The molecule has 20 heavy (non-hydrogen) atoms. The number of ether oxygens (including phenoxy) is 1. The Hall–Kier alpha value is -1.66. The van der Waals surface area contributed by atoms with Gasteiger partial charge in [-0.25, -0.2) is 10.8 Å². The van der Waals surface area contributed by atoms with Crippen LogP contribution in [-0.4, -0.2) is 42.6 Å². The van der Waals surface area contributed by atoms with Gasteiger partial charge in [-0.2, -0.15) is 0 Å². The number of nitrogens with two attached hydrogens (primary N) is 1. The first-order valence-electron chi connectivity index (χ1n) is 6.88. The summed E-state index contributed by atoms with van der Waals surface area (Å²) >= 11 is 0. The SMILES string of the molecule is Cc1cc(C(=O)N(C)CCOCC2CC2)cc(NN)n1. The van der Waals surface area contributed by atoms with Gasteiger partial charge in [0, 0.05) is 31.5 Å². The van der Waals surface area contributed by atoms with E-state index in [1.54, 1.807) is 24.1 Å². The molecule has 0 spiro atoms. The van der Waals surface area contributed by atoms with Crippen LogP contribution in [0.25, 0.3) is 0 Å². The lowest BCUT2D eigenvalue weighted by atomic mass is 10.2. The first-order valence-corrected chi connectivity index (χ1v) is 6.88. The number of nitrogen functional groups attached to an aromatic ring is 1. The molecule has 0 aromatic carbocycles. The van der Waals surface area contributed by atoms with E-state index in [2.05, 4.69) is 10.4 Å². The van der Waals surface area contributed by atoms with Crippen molar-refractivity contribution in [1.82, 2.24) is 9.88 Å². The van der Waals surface area contributed by atoms with E-state index < -0.39 is 0 Å². The first kappa shape index (κ1) is 14.7. The molecule has 0 radical (unpaired) electrons. The van der Waals surface area contributed by atoms with Gasteiger partial charge in [0.05, 0.1) is 6.61 Å². The number of aromatic nitrogens is 1. The van der Waals surface area contributed by atoms with Gasteiger partial charge >= 0.3 is 0 Å². The Balaban J connectivity index is 1.86. The van der Waals surface area contributed by atoms with Crippen molar-refractivity contribution in [2.24, 2.45) is 11.8 Å². The monoisotopic (exact) mass is 278 g/mol. The number of aryl methyl sites for hydroxylation is 1. The third kappa shape index (κ3) is 4.18. The number of rotatable bonds is 7. The number of hydrazine groups is 1. The summed E-state index contributed by atoms with van der Waals surface area (Å²) in [6, 6.07) is 3.40. The molecule has 1 amide bonds.